The van der Waals surface area contributed by atoms with Gasteiger partial charge in [-0.1, -0.05) is 15.9 Å². The van der Waals surface area contributed by atoms with Crippen LogP contribution in [0.4, 0.5) is 18.0 Å². The Balaban J connectivity index is 2.39. The van der Waals surface area contributed by atoms with E-state index in [9.17, 15) is 27.6 Å². The maximum Gasteiger partial charge on any atom is 0.411 e. The highest BCUT2D eigenvalue weighted by Gasteiger charge is 2.45. The summed E-state index contributed by atoms with van der Waals surface area (Å²) in [5, 5.41) is 10.7. The van der Waals surface area contributed by atoms with Gasteiger partial charge in [0.2, 0.25) is 0 Å². The number of nitrogens with zero attached hydrogens (tertiary/aromatic N) is 1. The van der Waals surface area contributed by atoms with Crippen LogP contribution in [0.3, 0.4) is 0 Å². The lowest BCUT2D eigenvalue weighted by Gasteiger charge is -2.29. The molecule has 0 saturated carbocycles. The summed E-state index contributed by atoms with van der Waals surface area (Å²) in [5.41, 5.74) is -1.48. The molecule has 1 heterocycles. The molecule has 0 aromatic rings. The molecule has 2 N–H and O–H groups in total. The molecule has 35 heavy (non-hydrogen) atoms. The Morgan fingerprint density at radius 3 is 2.51 bits per heavy atom. The van der Waals surface area contributed by atoms with Crippen molar-refractivity contribution in [3.8, 4) is 0 Å². The minimum absolute atomic E-state index is 0.0835. The summed E-state index contributed by atoms with van der Waals surface area (Å²) in [4.78, 5) is 39.4. The third kappa shape index (κ3) is 6.96. The number of carbonyl (C=O) groups is 3. The van der Waals surface area contributed by atoms with Crippen LogP contribution in [0, 0.1) is 5.41 Å². The summed E-state index contributed by atoms with van der Waals surface area (Å²) in [6, 6.07) is -3.07. The first-order chi connectivity index (χ1) is 16.2. The van der Waals surface area contributed by atoms with E-state index in [1.54, 1.807) is 27.7 Å². The quantitative estimate of drug-likeness (QED) is 0.355. The van der Waals surface area contributed by atoms with Gasteiger partial charge in [-0.25, -0.2) is 22.8 Å². The van der Waals surface area contributed by atoms with Crippen LogP contribution < -0.4 is 5.32 Å². The number of hydrogen-bond donors (Lipinski definition) is 2. The van der Waals surface area contributed by atoms with Gasteiger partial charge < -0.3 is 14.8 Å². The fraction of sp³-hybridized carbons (Fsp3) is 0.565. The summed E-state index contributed by atoms with van der Waals surface area (Å²) in [6.45, 7) is 7.41. The molecular formula is C23H29BrF3N3O5. The molecule has 0 bridgehead atoms. The normalized spacial score (nSPS) is 22.9. The number of likely N-dealkylation sites (tertiary alicyclic amines) is 1. The number of allylic oxidation sites excluding steroid dienone is 5. The molecule has 12 heteroatoms. The van der Waals surface area contributed by atoms with E-state index in [0.29, 0.717) is 10.1 Å². The topological polar surface area (TPSA) is 109 Å². The van der Waals surface area contributed by atoms with Crippen LogP contribution in [0.1, 0.15) is 41.0 Å². The van der Waals surface area contributed by atoms with Gasteiger partial charge in [0.15, 0.2) is 11.8 Å². The Labute approximate surface area is 210 Å². The highest BCUT2D eigenvalue weighted by atomic mass is 79.9. The second-order valence-electron chi connectivity index (χ2n) is 9.04. The molecule has 2 aliphatic rings. The van der Waals surface area contributed by atoms with Crippen molar-refractivity contribution in [3.05, 3.63) is 33.5 Å². The highest BCUT2D eigenvalue weighted by molar-refractivity contribution is 9.12. The zero-order chi connectivity index (χ0) is 26.7. The van der Waals surface area contributed by atoms with Gasteiger partial charge in [0, 0.05) is 28.2 Å². The van der Waals surface area contributed by atoms with E-state index >= 15 is 0 Å². The van der Waals surface area contributed by atoms with Crippen molar-refractivity contribution in [1.29, 1.82) is 5.41 Å². The van der Waals surface area contributed by atoms with Crippen molar-refractivity contribution < 1.29 is 37.0 Å². The highest BCUT2D eigenvalue weighted by Crippen LogP contribution is 2.32. The van der Waals surface area contributed by atoms with E-state index in [2.05, 4.69) is 21.2 Å². The van der Waals surface area contributed by atoms with E-state index in [0.717, 1.165) is 17.2 Å². The number of esters is 1. The van der Waals surface area contributed by atoms with Crippen molar-refractivity contribution in [2.75, 3.05) is 13.2 Å². The van der Waals surface area contributed by atoms with Crippen molar-refractivity contribution in [1.82, 2.24) is 10.2 Å². The molecular weight excluding hydrogens is 535 g/mol. The molecule has 1 saturated heterocycles. The van der Waals surface area contributed by atoms with Crippen LogP contribution in [-0.4, -0.2) is 71.9 Å². The Bertz CT molecular complexity index is 987. The van der Waals surface area contributed by atoms with Gasteiger partial charge in [0.25, 0.3) is 6.43 Å². The summed E-state index contributed by atoms with van der Waals surface area (Å²) in [7, 11) is 0. The number of amides is 1. The van der Waals surface area contributed by atoms with Crippen molar-refractivity contribution in [3.63, 3.8) is 0 Å². The van der Waals surface area contributed by atoms with E-state index in [1.165, 1.54) is 6.92 Å². The molecule has 1 amide bonds. The molecule has 0 radical (unpaired) electrons. The largest absolute Gasteiger partial charge is 0.464 e. The lowest BCUT2D eigenvalue weighted by atomic mass is 9.92. The molecule has 3 atom stereocenters. The number of Topliss-reactive ketones (excluding diaryl/α,β-unsaturated/α-hetero) is 1. The fourth-order valence-corrected chi connectivity index (χ4v) is 4.00. The second kappa shape index (κ2) is 11.4. The lowest BCUT2D eigenvalue weighted by Crippen LogP contribution is -2.52. The minimum atomic E-state index is -2.94. The summed E-state index contributed by atoms with van der Waals surface area (Å²) >= 11 is 3.14. The van der Waals surface area contributed by atoms with Crippen molar-refractivity contribution >= 4 is 39.5 Å². The van der Waals surface area contributed by atoms with Gasteiger partial charge in [0.1, 0.15) is 11.8 Å². The molecule has 1 aliphatic heterocycles. The summed E-state index contributed by atoms with van der Waals surface area (Å²) in [5.74, 6) is -1.91. The predicted octanol–water partition coefficient (Wildman–Crippen LogP) is 4.20. The molecule has 2 rings (SSSR count). The van der Waals surface area contributed by atoms with Crippen LogP contribution in [0.25, 0.3) is 0 Å². The summed E-state index contributed by atoms with van der Waals surface area (Å²) < 4.78 is 52.1. The number of rotatable bonds is 7. The van der Waals surface area contributed by atoms with Gasteiger partial charge in [-0.05, 0) is 46.3 Å². The first-order valence-corrected chi connectivity index (χ1v) is 11.7. The molecule has 0 aromatic carbocycles. The van der Waals surface area contributed by atoms with Crippen LogP contribution in [0.2, 0.25) is 0 Å². The van der Waals surface area contributed by atoms with E-state index in [4.69, 9.17) is 14.9 Å². The zero-order valence-corrected chi connectivity index (χ0v) is 21.7. The minimum Gasteiger partial charge on any atom is -0.464 e. The number of halogens is 4. The van der Waals surface area contributed by atoms with Crippen LogP contribution in [0.5, 0.6) is 0 Å². The maximum atomic E-state index is 14.3. The third-order valence-corrected chi connectivity index (χ3v) is 6.06. The van der Waals surface area contributed by atoms with Crippen LogP contribution in [-0.2, 0) is 19.1 Å². The standard InChI is InChI=1S/C23H29BrF3N3O5/c1-6-34-21(32)18(29-9-14-13(20(26)27)8-15(24)11(2)17(14)28)19(31)16-7-12(25)10-30(16)22(33)35-23(3,4)5/h8-9,12,16,18,20,28-29H,6-7,10H2,1-5H3/b14-9-,28-17?/t12-,16+,18?/m1/s1. The number of ketones is 1. The lowest BCUT2D eigenvalue weighted by molar-refractivity contribution is -0.149. The monoisotopic (exact) mass is 563 g/mol. The average Bonchev–Trinajstić information content (AvgIpc) is 3.14. The number of nitrogens with one attached hydrogen (secondary N) is 2. The van der Waals surface area contributed by atoms with Crippen LogP contribution in [0.15, 0.2) is 33.5 Å². The Morgan fingerprint density at radius 1 is 1.34 bits per heavy atom. The maximum absolute atomic E-state index is 14.3. The van der Waals surface area contributed by atoms with Gasteiger partial charge >= 0.3 is 12.1 Å². The van der Waals surface area contributed by atoms with Gasteiger partial charge in [-0.2, -0.15) is 0 Å². The van der Waals surface area contributed by atoms with Crippen molar-refractivity contribution in [2.24, 2.45) is 0 Å². The van der Waals surface area contributed by atoms with Gasteiger partial charge in [-0.3, -0.25) is 15.1 Å². The fourth-order valence-electron chi connectivity index (χ4n) is 3.55. The smallest absolute Gasteiger partial charge is 0.411 e. The number of hydrogen-bond acceptors (Lipinski definition) is 7. The molecule has 194 valence electrons. The van der Waals surface area contributed by atoms with Gasteiger partial charge in [-0.15, -0.1) is 0 Å². The molecule has 1 unspecified atom stereocenters. The first-order valence-electron chi connectivity index (χ1n) is 10.9. The Kier molecular flexibility index (Phi) is 9.32. The molecule has 8 nitrogen and oxygen atoms in total. The Hall–Kier alpha value is -2.63. The average molecular weight is 564 g/mol. The molecule has 0 aromatic heterocycles. The van der Waals surface area contributed by atoms with Gasteiger partial charge in [0.05, 0.1) is 24.9 Å². The molecule has 0 spiro atoms. The third-order valence-electron chi connectivity index (χ3n) is 5.24. The SMILES string of the molecule is CCOC(=O)C(N/C=C1\C(=N)C(C)=C(Br)C=C1C(F)F)C(=O)[C@@H]1C[C@@H](F)CN1C(=O)OC(C)(C)C. The number of alkyl halides is 3. The number of ether oxygens (including phenoxy) is 2. The summed E-state index contributed by atoms with van der Waals surface area (Å²) in [6.07, 6.45) is -3.61. The predicted molar refractivity (Wildman–Crippen MR) is 126 cm³/mol. The van der Waals surface area contributed by atoms with E-state index in [-0.39, 0.29) is 24.3 Å². The zero-order valence-electron chi connectivity index (χ0n) is 20.1. The first kappa shape index (κ1) is 28.6. The van der Waals surface area contributed by atoms with Crippen LogP contribution >= 0.6 is 15.9 Å². The van der Waals surface area contributed by atoms with Crippen molar-refractivity contribution in [2.45, 2.75) is 71.3 Å². The second-order valence-corrected chi connectivity index (χ2v) is 9.90. The van der Waals surface area contributed by atoms with E-state index < -0.39 is 60.2 Å². The Morgan fingerprint density at radius 2 is 1.97 bits per heavy atom. The molecule has 1 fully saturated rings. The number of carbonyl (C=O) groups excluding carboxylic acids is 3. The molecule has 1 aliphatic carbocycles. The van der Waals surface area contributed by atoms with E-state index in [1.807, 2.05) is 0 Å².